The highest BCUT2D eigenvalue weighted by Crippen LogP contribution is 2.40. The van der Waals surface area contributed by atoms with Gasteiger partial charge in [0.1, 0.15) is 23.2 Å². The Kier molecular flexibility index (Phi) is 4.78. The van der Waals surface area contributed by atoms with Crippen LogP contribution in [0.25, 0.3) is 22.4 Å². The predicted molar refractivity (Wildman–Crippen MR) is 115 cm³/mol. The Morgan fingerprint density at radius 1 is 1.25 bits per heavy atom. The Hall–Kier alpha value is -4.42. The van der Waals surface area contributed by atoms with Gasteiger partial charge in [0.25, 0.3) is 5.91 Å². The van der Waals surface area contributed by atoms with Crippen LogP contribution >= 0.6 is 0 Å². The fraction of sp³-hybridized carbons (Fsp3) is 0.217. The maximum atomic E-state index is 14.4. The molecule has 0 aliphatic carbocycles. The van der Waals surface area contributed by atoms with Crippen LogP contribution in [0, 0.1) is 5.82 Å². The lowest BCUT2D eigenvalue weighted by Gasteiger charge is -2.33. The van der Waals surface area contributed by atoms with Crippen molar-refractivity contribution in [2.75, 3.05) is 6.54 Å². The average molecular weight is 500 g/mol. The van der Waals surface area contributed by atoms with Gasteiger partial charge in [-0.05, 0) is 18.2 Å². The molecule has 0 saturated carbocycles. The summed E-state index contributed by atoms with van der Waals surface area (Å²) >= 11 is 0. The van der Waals surface area contributed by atoms with Crippen LogP contribution in [-0.4, -0.2) is 42.1 Å². The highest BCUT2D eigenvalue weighted by molar-refractivity contribution is 5.94. The topological polar surface area (TPSA) is 106 Å². The van der Waals surface area contributed by atoms with Crippen molar-refractivity contribution in [1.82, 2.24) is 29.6 Å². The van der Waals surface area contributed by atoms with Gasteiger partial charge in [-0.15, -0.1) is 0 Å². The first-order chi connectivity index (χ1) is 17.2. The lowest BCUT2D eigenvalue weighted by Crippen LogP contribution is -2.41. The van der Waals surface area contributed by atoms with Crippen LogP contribution in [-0.2, 0) is 19.6 Å². The SMILES string of the molecule is Cn1cc(-c2nc(C(F)(F)F)c(C(=O)N3CCc4[nH]cnc4[C@H]3c3cc4c(F)cccc4o3)o2)cn1. The summed E-state index contributed by atoms with van der Waals surface area (Å²) in [4.78, 5) is 25.6. The summed E-state index contributed by atoms with van der Waals surface area (Å²) in [5.41, 5.74) is 0.0343. The molecule has 0 spiro atoms. The van der Waals surface area contributed by atoms with Crippen LogP contribution < -0.4 is 0 Å². The number of carbonyl (C=O) groups excluding carboxylic acids is 1. The van der Waals surface area contributed by atoms with E-state index in [0.717, 1.165) is 0 Å². The lowest BCUT2D eigenvalue weighted by atomic mass is 9.99. The second-order valence-corrected chi connectivity index (χ2v) is 8.32. The third-order valence-corrected chi connectivity index (χ3v) is 6.02. The zero-order valence-corrected chi connectivity index (χ0v) is 18.5. The number of imidazole rings is 1. The molecule has 1 aromatic carbocycles. The molecule has 1 atom stereocenters. The van der Waals surface area contributed by atoms with Crippen molar-refractivity contribution >= 4 is 16.9 Å². The number of rotatable bonds is 3. The van der Waals surface area contributed by atoms with E-state index >= 15 is 0 Å². The van der Waals surface area contributed by atoms with E-state index in [1.165, 1.54) is 46.5 Å². The third-order valence-electron chi connectivity index (χ3n) is 6.02. The van der Waals surface area contributed by atoms with Crippen LogP contribution in [0.5, 0.6) is 0 Å². The van der Waals surface area contributed by atoms with Crippen molar-refractivity contribution in [3.8, 4) is 11.5 Å². The third kappa shape index (κ3) is 3.46. The van der Waals surface area contributed by atoms with E-state index in [-0.39, 0.29) is 28.8 Å². The molecule has 4 aromatic heterocycles. The fourth-order valence-corrected chi connectivity index (χ4v) is 4.41. The number of aromatic nitrogens is 5. The molecule has 0 fully saturated rings. The summed E-state index contributed by atoms with van der Waals surface area (Å²) in [5.74, 6) is -2.79. The number of amides is 1. The molecule has 9 nitrogen and oxygen atoms in total. The summed E-state index contributed by atoms with van der Waals surface area (Å²) in [5, 5.41) is 4.09. The van der Waals surface area contributed by atoms with Crippen LogP contribution in [0.4, 0.5) is 17.6 Å². The number of carbonyl (C=O) groups is 1. The van der Waals surface area contributed by atoms with Gasteiger partial charge in [0.2, 0.25) is 11.7 Å². The number of nitrogens with zero attached hydrogens (tertiary/aromatic N) is 5. The summed E-state index contributed by atoms with van der Waals surface area (Å²) in [7, 11) is 1.58. The van der Waals surface area contributed by atoms with Gasteiger partial charge < -0.3 is 18.7 Å². The molecule has 0 saturated heterocycles. The summed E-state index contributed by atoms with van der Waals surface area (Å²) in [6, 6.07) is 4.69. The van der Waals surface area contributed by atoms with Gasteiger partial charge in [0.15, 0.2) is 5.69 Å². The molecular weight excluding hydrogens is 484 g/mol. The summed E-state index contributed by atoms with van der Waals surface area (Å²) in [6.45, 7) is 0.0262. The van der Waals surface area contributed by atoms with Crippen LogP contribution in [0.1, 0.15) is 39.4 Å². The van der Waals surface area contributed by atoms with Crippen LogP contribution in [0.2, 0.25) is 0 Å². The Morgan fingerprint density at radius 3 is 2.81 bits per heavy atom. The molecule has 6 rings (SSSR count). The number of hydrogen-bond acceptors (Lipinski definition) is 6. The lowest BCUT2D eigenvalue weighted by molar-refractivity contribution is -0.141. The smallest absolute Gasteiger partial charge is 0.437 e. The molecule has 1 amide bonds. The number of alkyl halides is 3. The monoisotopic (exact) mass is 500 g/mol. The quantitative estimate of drug-likeness (QED) is 0.366. The van der Waals surface area contributed by atoms with Gasteiger partial charge in [-0.1, -0.05) is 6.07 Å². The fourth-order valence-electron chi connectivity index (χ4n) is 4.41. The van der Waals surface area contributed by atoms with E-state index in [9.17, 15) is 22.4 Å². The molecule has 0 unspecified atom stereocenters. The molecule has 5 aromatic rings. The van der Waals surface area contributed by atoms with E-state index in [1.807, 2.05) is 0 Å². The van der Waals surface area contributed by atoms with Crippen LogP contribution in [0.3, 0.4) is 0 Å². The van der Waals surface area contributed by atoms with Gasteiger partial charge in [-0.3, -0.25) is 9.48 Å². The number of aryl methyl sites for hydroxylation is 1. The molecule has 0 bridgehead atoms. The Morgan fingerprint density at radius 2 is 2.08 bits per heavy atom. The zero-order valence-electron chi connectivity index (χ0n) is 18.5. The van der Waals surface area contributed by atoms with Crippen LogP contribution in [0.15, 0.2) is 51.8 Å². The van der Waals surface area contributed by atoms with Crippen molar-refractivity contribution in [3.63, 3.8) is 0 Å². The first kappa shape index (κ1) is 22.1. The molecule has 184 valence electrons. The number of fused-ring (bicyclic) bond motifs is 2. The minimum absolute atomic E-state index is 0.0262. The molecule has 1 aliphatic rings. The zero-order chi connectivity index (χ0) is 25.2. The minimum Gasteiger partial charge on any atom is -0.458 e. The molecule has 1 N–H and O–H groups in total. The number of aromatic amines is 1. The van der Waals surface area contributed by atoms with E-state index in [4.69, 9.17) is 8.83 Å². The van der Waals surface area contributed by atoms with E-state index in [0.29, 0.717) is 17.8 Å². The number of oxazole rings is 1. The summed E-state index contributed by atoms with van der Waals surface area (Å²) in [6.07, 6.45) is -0.534. The largest absolute Gasteiger partial charge is 0.458 e. The number of nitrogens with one attached hydrogen (secondary N) is 1. The maximum absolute atomic E-state index is 14.4. The maximum Gasteiger partial charge on any atom is 0.437 e. The molecule has 36 heavy (non-hydrogen) atoms. The number of halogens is 4. The van der Waals surface area contributed by atoms with Crippen molar-refractivity contribution in [1.29, 1.82) is 0 Å². The van der Waals surface area contributed by atoms with Gasteiger partial charge in [0, 0.05) is 31.9 Å². The van der Waals surface area contributed by atoms with Gasteiger partial charge in [0.05, 0.1) is 29.2 Å². The minimum atomic E-state index is -4.96. The standard InChI is InChI=1S/C23H16F4N6O3/c1-32-9-11(8-30-32)21-31-20(23(25,26)27)19(36-21)22(34)33-6-5-14-17(29-10-28-14)18(33)16-7-12-13(24)3-2-4-15(12)35-16/h2-4,7-10,18H,5-6H2,1H3,(H,28,29)/t18-/m1/s1. The molecule has 5 heterocycles. The van der Waals surface area contributed by atoms with E-state index in [2.05, 4.69) is 20.1 Å². The first-order valence-electron chi connectivity index (χ1n) is 10.8. The molecular formula is C23H16F4N6O3. The molecule has 0 radical (unpaired) electrons. The first-order valence-corrected chi connectivity index (χ1v) is 10.8. The van der Waals surface area contributed by atoms with E-state index in [1.54, 1.807) is 13.1 Å². The van der Waals surface area contributed by atoms with Crippen molar-refractivity contribution in [2.24, 2.45) is 7.05 Å². The Labute approximate surface area is 199 Å². The highest BCUT2D eigenvalue weighted by atomic mass is 19.4. The molecule has 13 heteroatoms. The Bertz CT molecular complexity index is 1610. The second kappa shape index (κ2) is 7.80. The van der Waals surface area contributed by atoms with Gasteiger partial charge in [-0.25, -0.2) is 14.4 Å². The van der Waals surface area contributed by atoms with Crippen molar-refractivity contribution in [3.05, 3.63) is 77.4 Å². The number of hydrogen-bond donors (Lipinski definition) is 1. The van der Waals surface area contributed by atoms with Gasteiger partial charge in [-0.2, -0.15) is 18.3 Å². The second-order valence-electron chi connectivity index (χ2n) is 8.32. The van der Waals surface area contributed by atoms with E-state index < -0.39 is 41.3 Å². The van der Waals surface area contributed by atoms with Crippen molar-refractivity contribution in [2.45, 2.75) is 18.6 Å². The summed E-state index contributed by atoms with van der Waals surface area (Å²) < 4.78 is 68.7. The Balaban J connectivity index is 1.48. The predicted octanol–water partition coefficient (Wildman–Crippen LogP) is 4.49. The average Bonchev–Trinajstić information content (AvgIpc) is 3.62. The number of furan rings is 1. The van der Waals surface area contributed by atoms with Gasteiger partial charge >= 0.3 is 6.18 Å². The highest BCUT2D eigenvalue weighted by Gasteiger charge is 2.45. The molecule has 1 aliphatic heterocycles. The number of H-pyrrole nitrogens is 1. The number of benzene rings is 1. The normalized spacial score (nSPS) is 16.0. The van der Waals surface area contributed by atoms with Crippen molar-refractivity contribution < 1.29 is 31.2 Å².